The van der Waals surface area contributed by atoms with Crippen molar-refractivity contribution in [3.8, 4) is 11.4 Å². The summed E-state index contributed by atoms with van der Waals surface area (Å²) in [5.41, 5.74) is 0.682. The highest BCUT2D eigenvalue weighted by Gasteiger charge is 2.30. The number of aryl methyl sites for hydroxylation is 1. The second-order valence-corrected chi connectivity index (χ2v) is 6.88. The summed E-state index contributed by atoms with van der Waals surface area (Å²) in [7, 11) is 0. The zero-order chi connectivity index (χ0) is 23.6. The third-order valence-electron chi connectivity index (χ3n) is 4.58. The van der Waals surface area contributed by atoms with Crippen LogP contribution in [0.1, 0.15) is 6.42 Å². The average Bonchev–Trinajstić information content (AvgIpc) is 3.19. The van der Waals surface area contributed by atoms with E-state index in [1.807, 2.05) is 0 Å². The molecule has 0 aliphatic carbocycles. The predicted octanol–water partition coefficient (Wildman–Crippen LogP) is 3.65. The molecule has 4 aromatic rings. The molecule has 2 aromatic carbocycles. The van der Waals surface area contributed by atoms with Gasteiger partial charge in [-0.2, -0.15) is 5.10 Å². The number of benzene rings is 2. The molecule has 33 heavy (non-hydrogen) atoms. The molecular formula is C21H15F4N5O3. The average molecular weight is 461 g/mol. The Morgan fingerprint density at radius 1 is 1.06 bits per heavy atom. The van der Waals surface area contributed by atoms with Gasteiger partial charge in [-0.3, -0.25) is 14.2 Å². The van der Waals surface area contributed by atoms with Gasteiger partial charge in [-0.1, -0.05) is 0 Å². The van der Waals surface area contributed by atoms with Crippen molar-refractivity contribution in [3.05, 3.63) is 77.2 Å². The van der Waals surface area contributed by atoms with Gasteiger partial charge in [0.25, 0.3) is 5.56 Å². The first-order valence-corrected chi connectivity index (χ1v) is 9.54. The van der Waals surface area contributed by atoms with Crippen molar-refractivity contribution in [1.82, 2.24) is 19.3 Å². The van der Waals surface area contributed by atoms with Crippen molar-refractivity contribution in [1.29, 1.82) is 0 Å². The molecule has 0 atom stereocenters. The van der Waals surface area contributed by atoms with Crippen LogP contribution in [0.2, 0.25) is 0 Å². The third-order valence-corrected chi connectivity index (χ3v) is 4.58. The van der Waals surface area contributed by atoms with Crippen molar-refractivity contribution < 1.29 is 27.1 Å². The van der Waals surface area contributed by atoms with Crippen molar-refractivity contribution in [2.45, 2.75) is 19.3 Å². The number of anilines is 1. The van der Waals surface area contributed by atoms with Gasteiger partial charge in [-0.25, -0.2) is 14.1 Å². The van der Waals surface area contributed by atoms with Crippen LogP contribution in [-0.4, -0.2) is 31.6 Å². The van der Waals surface area contributed by atoms with Crippen LogP contribution in [0.4, 0.5) is 23.2 Å². The Balaban J connectivity index is 1.42. The summed E-state index contributed by atoms with van der Waals surface area (Å²) in [5.74, 6) is -1.27. The lowest BCUT2D eigenvalue weighted by Gasteiger charge is -2.10. The summed E-state index contributed by atoms with van der Waals surface area (Å²) in [5, 5.41) is 6.89. The van der Waals surface area contributed by atoms with E-state index in [0.29, 0.717) is 5.69 Å². The van der Waals surface area contributed by atoms with Crippen LogP contribution >= 0.6 is 0 Å². The minimum Gasteiger partial charge on any atom is -0.406 e. The van der Waals surface area contributed by atoms with E-state index in [-0.39, 0.29) is 29.7 Å². The van der Waals surface area contributed by atoms with Gasteiger partial charge in [0.05, 0.1) is 18.2 Å². The topological polar surface area (TPSA) is 91.0 Å². The third kappa shape index (κ3) is 5.17. The largest absolute Gasteiger partial charge is 0.573 e. The second-order valence-electron chi connectivity index (χ2n) is 6.88. The van der Waals surface area contributed by atoms with E-state index >= 15 is 0 Å². The minimum absolute atomic E-state index is 0.0185. The van der Waals surface area contributed by atoms with Crippen LogP contribution in [0.25, 0.3) is 16.7 Å². The Labute approximate surface area is 183 Å². The van der Waals surface area contributed by atoms with Crippen LogP contribution in [0, 0.1) is 5.82 Å². The van der Waals surface area contributed by atoms with Crippen LogP contribution in [0.3, 0.4) is 0 Å². The first-order chi connectivity index (χ1) is 15.7. The highest BCUT2D eigenvalue weighted by molar-refractivity contribution is 5.90. The number of nitrogens with one attached hydrogen (secondary N) is 1. The molecule has 1 N–H and O–H groups in total. The molecule has 8 nitrogen and oxygen atoms in total. The molecule has 2 aromatic heterocycles. The molecule has 2 heterocycles. The molecule has 0 saturated carbocycles. The van der Waals surface area contributed by atoms with Crippen LogP contribution in [-0.2, 0) is 11.3 Å². The maximum absolute atomic E-state index is 13.1. The first kappa shape index (κ1) is 22.0. The van der Waals surface area contributed by atoms with Gasteiger partial charge in [-0.15, -0.1) is 13.2 Å². The molecule has 12 heteroatoms. The number of carbonyl (C=O) groups is 1. The summed E-state index contributed by atoms with van der Waals surface area (Å²) >= 11 is 0. The van der Waals surface area contributed by atoms with Crippen molar-refractivity contribution in [2.24, 2.45) is 0 Å². The van der Waals surface area contributed by atoms with E-state index in [1.165, 1.54) is 58.2 Å². The van der Waals surface area contributed by atoms with Crippen LogP contribution < -0.4 is 15.6 Å². The summed E-state index contributed by atoms with van der Waals surface area (Å²) in [6.45, 7) is 0.0185. The van der Waals surface area contributed by atoms with Crippen molar-refractivity contribution in [2.75, 3.05) is 5.32 Å². The molecule has 0 saturated heterocycles. The van der Waals surface area contributed by atoms with Gasteiger partial charge in [0, 0.05) is 18.7 Å². The van der Waals surface area contributed by atoms with Gasteiger partial charge < -0.3 is 10.1 Å². The van der Waals surface area contributed by atoms with Crippen LogP contribution in [0.15, 0.2) is 65.8 Å². The predicted molar refractivity (Wildman–Crippen MR) is 109 cm³/mol. The normalized spacial score (nSPS) is 11.5. The lowest BCUT2D eigenvalue weighted by Crippen LogP contribution is -2.23. The highest BCUT2D eigenvalue weighted by Crippen LogP contribution is 2.24. The first-order valence-electron chi connectivity index (χ1n) is 9.54. The second kappa shape index (κ2) is 8.73. The van der Waals surface area contributed by atoms with E-state index in [1.54, 1.807) is 0 Å². The smallest absolute Gasteiger partial charge is 0.406 e. The molecule has 4 rings (SSSR count). The van der Waals surface area contributed by atoms with Gasteiger partial charge >= 0.3 is 6.36 Å². The lowest BCUT2D eigenvalue weighted by molar-refractivity contribution is -0.274. The standard InChI is InChI=1S/C21H15F4N5O3/c22-13-1-5-15(6-2-13)30-19-17(11-27-30)20(32)29(12-26-19)10-9-18(31)28-14-3-7-16(8-4-14)33-21(23,24)25/h1-8,11-12H,9-10H2,(H,28,31). The number of halogens is 4. The summed E-state index contributed by atoms with van der Waals surface area (Å²) in [6.07, 6.45) is -2.26. The molecular weight excluding hydrogens is 446 g/mol. The number of fused-ring (bicyclic) bond motifs is 1. The van der Waals surface area contributed by atoms with Gasteiger partial charge in [0.2, 0.25) is 5.91 Å². The fourth-order valence-corrected chi connectivity index (χ4v) is 3.06. The van der Waals surface area contributed by atoms with Crippen molar-refractivity contribution >= 4 is 22.6 Å². The quantitative estimate of drug-likeness (QED) is 0.443. The lowest BCUT2D eigenvalue weighted by atomic mass is 10.3. The molecule has 0 fully saturated rings. The molecule has 170 valence electrons. The Kier molecular flexibility index (Phi) is 5.82. The molecule has 0 spiro atoms. The minimum atomic E-state index is -4.80. The number of aromatic nitrogens is 4. The van der Waals surface area contributed by atoms with E-state index in [4.69, 9.17) is 0 Å². The number of hydrogen-bond donors (Lipinski definition) is 1. The van der Waals surface area contributed by atoms with E-state index in [0.717, 1.165) is 12.1 Å². The number of nitrogens with zero attached hydrogens (tertiary/aromatic N) is 4. The molecule has 0 unspecified atom stereocenters. The van der Waals surface area contributed by atoms with Crippen molar-refractivity contribution in [3.63, 3.8) is 0 Å². The monoisotopic (exact) mass is 461 g/mol. The number of carbonyl (C=O) groups excluding carboxylic acids is 1. The SMILES string of the molecule is O=C(CCn1cnc2c(cnn2-c2ccc(F)cc2)c1=O)Nc1ccc(OC(F)(F)F)cc1. The molecule has 0 aliphatic heterocycles. The molecule has 0 aliphatic rings. The number of amides is 1. The zero-order valence-corrected chi connectivity index (χ0v) is 16.7. The maximum Gasteiger partial charge on any atom is 0.573 e. The van der Waals surface area contributed by atoms with Gasteiger partial charge in [0.1, 0.15) is 17.0 Å². The van der Waals surface area contributed by atoms with E-state index < -0.39 is 29.4 Å². The molecule has 0 bridgehead atoms. The number of rotatable bonds is 6. The fraction of sp³-hybridized carbons (Fsp3) is 0.143. The fourth-order valence-electron chi connectivity index (χ4n) is 3.06. The number of ether oxygens (including phenoxy) is 1. The Bertz CT molecular complexity index is 1350. The van der Waals surface area contributed by atoms with Gasteiger partial charge in [-0.05, 0) is 48.5 Å². The summed E-state index contributed by atoms with van der Waals surface area (Å²) in [6, 6.07) is 10.2. The highest BCUT2D eigenvalue weighted by atomic mass is 19.4. The maximum atomic E-state index is 13.1. The Morgan fingerprint density at radius 2 is 1.76 bits per heavy atom. The summed E-state index contributed by atoms with van der Waals surface area (Å²) in [4.78, 5) is 29.1. The van der Waals surface area contributed by atoms with Crippen LogP contribution in [0.5, 0.6) is 5.75 Å². The Hall–Kier alpha value is -4.22. The number of hydrogen-bond acceptors (Lipinski definition) is 5. The zero-order valence-electron chi connectivity index (χ0n) is 16.7. The van der Waals surface area contributed by atoms with E-state index in [9.17, 15) is 27.2 Å². The molecule has 1 amide bonds. The summed E-state index contributed by atoms with van der Waals surface area (Å²) < 4.78 is 56.2. The molecule has 0 radical (unpaired) electrons. The Morgan fingerprint density at radius 3 is 2.42 bits per heavy atom. The van der Waals surface area contributed by atoms with Gasteiger partial charge in [0.15, 0.2) is 5.65 Å². The van der Waals surface area contributed by atoms with E-state index in [2.05, 4.69) is 20.1 Å². The number of alkyl halides is 3.